The molecule has 1 aromatic heterocycles. The Morgan fingerprint density at radius 3 is 3.05 bits per heavy atom. The molecule has 2 heterocycles. The molecule has 3 N–H and O–H groups in total. The Labute approximate surface area is 113 Å². The van der Waals surface area contributed by atoms with Gasteiger partial charge in [-0.05, 0) is 39.1 Å². The third-order valence-corrected chi connectivity index (χ3v) is 3.33. The third-order valence-electron chi connectivity index (χ3n) is 3.33. The van der Waals surface area contributed by atoms with Gasteiger partial charge in [-0.1, -0.05) is 6.07 Å². The smallest absolute Gasteiger partial charge is 0.272 e. The van der Waals surface area contributed by atoms with Crippen LogP contribution in [-0.4, -0.2) is 53.9 Å². The molecule has 1 saturated heterocycles. The Morgan fingerprint density at radius 2 is 2.37 bits per heavy atom. The summed E-state index contributed by atoms with van der Waals surface area (Å²) in [6, 6.07) is 5.53. The highest BCUT2D eigenvalue weighted by Gasteiger charge is 2.30. The Morgan fingerprint density at radius 1 is 1.58 bits per heavy atom. The van der Waals surface area contributed by atoms with Crippen LogP contribution in [0.25, 0.3) is 0 Å². The number of hydrazine groups is 1. The fraction of sp³-hybridized carbons (Fsp3) is 0.538. The summed E-state index contributed by atoms with van der Waals surface area (Å²) in [6.45, 7) is 1.69. The lowest BCUT2D eigenvalue weighted by Gasteiger charge is -2.26. The van der Waals surface area contributed by atoms with E-state index >= 15 is 0 Å². The van der Waals surface area contributed by atoms with E-state index in [1.165, 1.54) is 0 Å². The number of rotatable bonds is 4. The number of likely N-dealkylation sites (tertiary alicyclic amines) is 1. The summed E-state index contributed by atoms with van der Waals surface area (Å²) in [5, 5.41) is 0. The number of carbonyl (C=O) groups excluding carboxylic acids is 1. The summed E-state index contributed by atoms with van der Waals surface area (Å²) >= 11 is 0. The molecule has 6 nitrogen and oxygen atoms in total. The van der Waals surface area contributed by atoms with Gasteiger partial charge in [0.05, 0.1) is 0 Å². The van der Waals surface area contributed by atoms with Crippen molar-refractivity contribution in [2.75, 3.05) is 32.6 Å². The van der Waals surface area contributed by atoms with Crippen LogP contribution in [0.1, 0.15) is 23.3 Å². The van der Waals surface area contributed by atoms with Crippen LogP contribution in [0.5, 0.6) is 0 Å². The van der Waals surface area contributed by atoms with E-state index in [-0.39, 0.29) is 11.9 Å². The molecule has 1 amide bonds. The van der Waals surface area contributed by atoms with E-state index in [4.69, 9.17) is 5.84 Å². The van der Waals surface area contributed by atoms with Crippen molar-refractivity contribution in [1.29, 1.82) is 0 Å². The number of hydrogen-bond acceptors (Lipinski definition) is 5. The Kier molecular flexibility index (Phi) is 4.34. The number of pyridine rings is 1. The molecule has 2 rings (SSSR count). The lowest BCUT2D eigenvalue weighted by Crippen LogP contribution is -2.41. The van der Waals surface area contributed by atoms with Gasteiger partial charge in [0, 0.05) is 19.1 Å². The van der Waals surface area contributed by atoms with Gasteiger partial charge in [-0.25, -0.2) is 10.8 Å². The first-order valence-electron chi connectivity index (χ1n) is 6.51. The topological polar surface area (TPSA) is 74.5 Å². The first kappa shape index (κ1) is 13.8. The van der Waals surface area contributed by atoms with E-state index in [0.717, 1.165) is 25.9 Å². The van der Waals surface area contributed by atoms with E-state index in [1.54, 1.807) is 18.2 Å². The molecule has 1 aromatic rings. The second kappa shape index (κ2) is 5.99. The quantitative estimate of drug-likeness (QED) is 0.612. The summed E-state index contributed by atoms with van der Waals surface area (Å²) in [4.78, 5) is 20.7. The SMILES string of the molecule is CN(C)CC1CCCN1C(=O)c1cccc(NN)n1. The second-order valence-corrected chi connectivity index (χ2v) is 5.11. The summed E-state index contributed by atoms with van der Waals surface area (Å²) in [5.74, 6) is 5.82. The van der Waals surface area contributed by atoms with Gasteiger partial charge in [-0.15, -0.1) is 0 Å². The Bertz CT molecular complexity index is 448. The molecule has 104 valence electrons. The summed E-state index contributed by atoms with van der Waals surface area (Å²) in [7, 11) is 4.05. The average Bonchev–Trinajstić information content (AvgIpc) is 2.85. The first-order valence-corrected chi connectivity index (χ1v) is 6.51. The minimum absolute atomic E-state index is 0.0125. The van der Waals surface area contributed by atoms with Crippen LogP contribution in [0, 0.1) is 0 Å². The fourth-order valence-electron chi connectivity index (χ4n) is 2.50. The molecule has 0 aromatic carbocycles. The maximum atomic E-state index is 12.5. The van der Waals surface area contributed by atoms with Gasteiger partial charge in [0.1, 0.15) is 11.5 Å². The molecule has 1 atom stereocenters. The number of nitrogen functional groups attached to an aromatic ring is 1. The summed E-state index contributed by atoms with van der Waals surface area (Å²) in [6.07, 6.45) is 2.11. The van der Waals surface area contributed by atoms with Crippen LogP contribution < -0.4 is 11.3 Å². The van der Waals surface area contributed by atoms with Crippen molar-refractivity contribution >= 4 is 11.7 Å². The number of anilines is 1. The van der Waals surface area contributed by atoms with Gasteiger partial charge in [0.15, 0.2) is 0 Å². The predicted octanol–water partition coefficient (Wildman–Crippen LogP) is 0.533. The molecule has 0 spiro atoms. The van der Waals surface area contributed by atoms with E-state index in [0.29, 0.717) is 11.5 Å². The second-order valence-electron chi connectivity index (χ2n) is 5.11. The molecule has 0 bridgehead atoms. The first-order chi connectivity index (χ1) is 9.11. The molecule has 1 unspecified atom stereocenters. The number of hydrogen-bond donors (Lipinski definition) is 2. The van der Waals surface area contributed by atoms with Crippen LogP contribution in [0.2, 0.25) is 0 Å². The number of nitrogens with two attached hydrogens (primary N) is 1. The van der Waals surface area contributed by atoms with Gasteiger partial charge in [0.25, 0.3) is 5.91 Å². The van der Waals surface area contributed by atoms with E-state index in [1.807, 2.05) is 19.0 Å². The lowest BCUT2D eigenvalue weighted by molar-refractivity contribution is 0.0710. The number of nitrogens with zero attached hydrogens (tertiary/aromatic N) is 3. The minimum atomic E-state index is -0.0125. The van der Waals surface area contributed by atoms with Crippen molar-refractivity contribution in [3.05, 3.63) is 23.9 Å². The monoisotopic (exact) mass is 263 g/mol. The largest absolute Gasteiger partial charge is 0.333 e. The van der Waals surface area contributed by atoms with E-state index < -0.39 is 0 Å². The van der Waals surface area contributed by atoms with Crippen molar-refractivity contribution in [3.8, 4) is 0 Å². The van der Waals surface area contributed by atoms with Gasteiger partial charge in [-0.2, -0.15) is 0 Å². The van der Waals surface area contributed by atoms with E-state index in [9.17, 15) is 4.79 Å². The molecule has 6 heteroatoms. The van der Waals surface area contributed by atoms with Gasteiger partial charge < -0.3 is 15.2 Å². The molecule has 1 fully saturated rings. The number of nitrogens with one attached hydrogen (secondary N) is 1. The highest BCUT2D eigenvalue weighted by atomic mass is 16.2. The average molecular weight is 263 g/mol. The molecule has 1 aliphatic heterocycles. The maximum Gasteiger partial charge on any atom is 0.272 e. The molecule has 0 aliphatic carbocycles. The zero-order valence-corrected chi connectivity index (χ0v) is 11.5. The van der Waals surface area contributed by atoms with E-state index in [2.05, 4.69) is 15.3 Å². The molecule has 0 saturated carbocycles. The molecule has 0 radical (unpaired) electrons. The fourth-order valence-corrected chi connectivity index (χ4v) is 2.50. The highest BCUT2D eigenvalue weighted by Crippen LogP contribution is 2.20. The predicted molar refractivity (Wildman–Crippen MR) is 74.7 cm³/mol. The highest BCUT2D eigenvalue weighted by molar-refractivity contribution is 5.93. The van der Waals surface area contributed by atoms with Crippen LogP contribution in [0.3, 0.4) is 0 Å². The van der Waals surface area contributed by atoms with Crippen molar-refractivity contribution in [1.82, 2.24) is 14.8 Å². The number of likely N-dealkylation sites (N-methyl/N-ethyl adjacent to an activating group) is 1. The van der Waals surface area contributed by atoms with Crippen molar-refractivity contribution < 1.29 is 4.79 Å². The number of amides is 1. The van der Waals surface area contributed by atoms with Gasteiger partial charge in [0.2, 0.25) is 0 Å². The third kappa shape index (κ3) is 3.21. The lowest BCUT2D eigenvalue weighted by atomic mass is 10.2. The van der Waals surface area contributed by atoms with Crippen LogP contribution >= 0.6 is 0 Å². The summed E-state index contributed by atoms with van der Waals surface area (Å²) in [5.41, 5.74) is 2.91. The van der Waals surface area contributed by atoms with Crippen molar-refractivity contribution in [2.24, 2.45) is 5.84 Å². The van der Waals surface area contributed by atoms with Gasteiger partial charge in [-0.3, -0.25) is 4.79 Å². The van der Waals surface area contributed by atoms with Crippen LogP contribution in [0.4, 0.5) is 5.82 Å². The molecular formula is C13H21N5O. The van der Waals surface area contributed by atoms with Crippen LogP contribution in [-0.2, 0) is 0 Å². The number of carbonyl (C=O) groups is 1. The molecule has 19 heavy (non-hydrogen) atoms. The van der Waals surface area contributed by atoms with Crippen molar-refractivity contribution in [3.63, 3.8) is 0 Å². The zero-order valence-electron chi connectivity index (χ0n) is 11.5. The maximum absolute atomic E-state index is 12.5. The summed E-state index contributed by atoms with van der Waals surface area (Å²) < 4.78 is 0. The van der Waals surface area contributed by atoms with Crippen LogP contribution in [0.15, 0.2) is 18.2 Å². The normalized spacial score (nSPS) is 18.9. The molecule has 1 aliphatic rings. The Balaban J connectivity index is 2.13. The number of aromatic nitrogens is 1. The Hall–Kier alpha value is -1.66. The standard InChI is InChI=1S/C13H21N5O/c1-17(2)9-10-5-4-8-18(10)13(19)11-6-3-7-12(15-11)16-14/h3,6-7,10H,4-5,8-9,14H2,1-2H3,(H,15,16). The molecular weight excluding hydrogens is 242 g/mol. The minimum Gasteiger partial charge on any atom is -0.333 e. The van der Waals surface area contributed by atoms with Gasteiger partial charge >= 0.3 is 0 Å². The van der Waals surface area contributed by atoms with Crippen molar-refractivity contribution in [2.45, 2.75) is 18.9 Å². The zero-order chi connectivity index (χ0) is 13.8.